The Labute approximate surface area is 87.4 Å². The molecular formula is C11H22ClN. The lowest BCUT2D eigenvalue weighted by Crippen LogP contribution is -2.36. The molecule has 2 heteroatoms. The van der Waals surface area contributed by atoms with Crippen LogP contribution in [0.25, 0.3) is 0 Å². The van der Waals surface area contributed by atoms with Crippen molar-refractivity contribution >= 4 is 11.6 Å². The fourth-order valence-corrected chi connectivity index (χ4v) is 2.20. The summed E-state index contributed by atoms with van der Waals surface area (Å²) in [6.45, 7) is 8.43. The van der Waals surface area contributed by atoms with Crippen LogP contribution in [0.4, 0.5) is 0 Å². The van der Waals surface area contributed by atoms with Crippen molar-refractivity contribution in [1.82, 2.24) is 4.90 Å². The Morgan fingerprint density at radius 1 is 1.38 bits per heavy atom. The van der Waals surface area contributed by atoms with Gasteiger partial charge in [-0.05, 0) is 37.8 Å². The average molecular weight is 204 g/mol. The van der Waals surface area contributed by atoms with Crippen molar-refractivity contribution in [3.05, 3.63) is 0 Å². The molecule has 0 bridgehead atoms. The Balaban J connectivity index is 2.17. The summed E-state index contributed by atoms with van der Waals surface area (Å²) in [6, 6.07) is 0. The first-order valence-electron chi connectivity index (χ1n) is 5.54. The summed E-state index contributed by atoms with van der Waals surface area (Å²) in [7, 11) is 0. The Hall–Kier alpha value is 0.250. The summed E-state index contributed by atoms with van der Waals surface area (Å²) in [4.78, 5) is 2.59. The summed E-state index contributed by atoms with van der Waals surface area (Å²) < 4.78 is 0. The van der Waals surface area contributed by atoms with E-state index in [2.05, 4.69) is 18.7 Å². The maximum absolute atomic E-state index is 5.84. The fourth-order valence-electron chi connectivity index (χ4n) is 1.89. The van der Waals surface area contributed by atoms with Crippen LogP contribution in [-0.4, -0.2) is 30.4 Å². The van der Waals surface area contributed by atoms with E-state index in [9.17, 15) is 0 Å². The predicted molar refractivity (Wildman–Crippen MR) is 59.3 cm³/mol. The Morgan fingerprint density at radius 3 is 2.46 bits per heavy atom. The third kappa shape index (κ3) is 3.86. The molecule has 0 aromatic rings. The van der Waals surface area contributed by atoms with E-state index in [4.69, 9.17) is 11.6 Å². The van der Waals surface area contributed by atoms with Gasteiger partial charge in [0.05, 0.1) is 0 Å². The molecule has 1 aliphatic heterocycles. The molecule has 0 radical (unpaired) electrons. The smallest absolute Gasteiger partial charge is 0.0252 e. The molecule has 0 saturated carbocycles. The molecule has 13 heavy (non-hydrogen) atoms. The molecule has 1 unspecified atom stereocenters. The van der Waals surface area contributed by atoms with E-state index in [0.717, 1.165) is 17.7 Å². The number of hydrogen-bond acceptors (Lipinski definition) is 1. The van der Waals surface area contributed by atoms with E-state index in [1.807, 2.05) is 0 Å². The highest BCUT2D eigenvalue weighted by molar-refractivity contribution is 6.18. The molecule has 78 valence electrons. The summed E-state index contributed by atoms with van der Waals surface area (Å²) in [5.41, 5.74) is 0. The zero-order valence-electron chi connectivity index (χ0n) is 8.93. The molecule has 1 atom stereocenters. The van der Waals surface area contributed by atoms with Gasteiger partial charge in [0, 0.05) is 12.4 Å². The third-order valence-electron chi connectivity index (χ3n) is 3.19. The molecule has 0 amide bonds. The van der Waals surface area contributed by atoms with Crippen molar-refractivity contribution in [1.29, 1.82) is 0 Å². The highest BCUT2D eigenvalue weighted by Crippen LogP contribution is 2.19. The lowest BCUT2D eigenvalue weighted by atomic mass is 9.98. The Kier molecular flexibility index (Phi) is 5.12. The highest BCUT2D eigenvalue weighted by Gasteiger charge is 2.18. The molecule has 0 N–H and O–H groups in total. The highest BCUT2D eigenvalue weighted by atomic mass is 35.5. The van der Waals surface area contributed by atoms with Crippen LogP contribution in [0.3, 0.4) is 0 Å². The van der Waals surface area contributed by atoms with E-state index in [-0.39, 0.29) is 0 Å². The van der Waals surface area contributed by atoms with Crippen LogP contribution in [0, 0.1) is 11.8 Å². The van der Waals surface area contributed by atoms with E-state index < -0.39 is 0 Å². The molecule has 1 aliphatic rings. The molecular weight excluding hydrogens is 182 g/mol. The number of nitrogens with zero attached hydrogens (tertiary/aromatic N) is 1. The van der Waals surface area contributed by atoms with E-state index in [1.54, 1.807) is 0 Å². The number of halogens is 1. The Bertz CT molecular complexity index is 130. The molecule has 0 aromatic carbocycles. The van der Waals surface area contributed by atoms with Gasteiger partial charge in [-0.3, -0.25) is 0 Å². The van der Waals surface area contributed by atoms with Crippen LogP contribution < -0.4 is 0 Å². The van der Waals surface area contributed by atoms with Crippen molar-refractivity contribution < 1.29 is 0 Å². The summed E-state index contributed by atoms with van der Waals surface area (Å²) in [5.74, 6) is 2.50. The topological polar surface area (TPSA) is 3.24 Å². The average Bonchev–Trinajstić information content (AvgIpc) is 2.19. The van der Waals surface area contributed by atoms with Gasteiger partial charge in [-0.2, -0.15) is 0 Å². The largest absolute Gasteiger partial charge is 0.303 e. The third-order valence-corrected chi connectivity index (χ3v) is 3.63. The van der Waals surface area contributed by atoms with Crippen molar-refractivity contribution in [3.63, 3.8) is 0 Å². The van der Waals surface area contributed by atoms with Gasteiger partial charge < -0.3 is 4.90 Å². The van der Waals surface area contributed by atoms with Gasteiger partial charge in [-0.25, -0.2) is 0 Å². The minimum Gasteiger partial charge on any atom is -0.303 e. The van der Waals surface area contributed by atoms with Gasteiger partial charge >= 0.3 is 0 Å². The van der Waals surface area contributed by atoms with E-state index in [0.29, 0.717) is 0 Å². The van der Waals surface area contributed by atoms with Crippen LogP contribution in [0.15, 0.2) is 0 Å². The molecule has 1 heterocycles. The van der Waals surface area contributed by atoms with Crippen LogP contribution in [0.1, 0.15) is 33.1 Å². The van der Waals surface area contributed by atoms with Gasteiger partial charge in [0.25, 0.3) is 0 Å². The maximum atomic E-state index is 5.84. The normalized spacial score (nSPS) is 23.3. The van der Waals surface area contributed by atoms with Gasteiger partial charge in [-0.1, -0.05) is 20.3 Å². The minimum absolute atomic E-state index is 0.787. The first-order chi connectivity index (χ1) is 6.26. The molecule has 0 aliphatic carbocycles. The van der Waals surface area contributed by atoms with Gasteiger partial charge in [-0.15, -0.1) is 11.6 Å². The predicted octanol–water partition coefficient (Wildman–Crippen LogP) is 2.98. The first kappa shape index (κ1) is 11.3. The molecule has 1 nitrogen and oxygen atoms in total. The summed E-state index contributed by atoms with van der Waals surface area (Å²) in [6.07, 6.45) is 3.91. The zero-order chi connectivity index (χ0) is 9.68. The number of piperidine rings is 1. The molecule has 0 spiro atoms. The molecule has 1 rings (SSSR count). The second-order valence-electron chi connectivity index (χ2n) is 4.41. The lowest BCUT2D eigenvalue weighted by Gasteiger charge is -2.32. The van der Waals surface area contributed by atoms with Crippen molar-refractivity contribution in [3.8, 4) is 0 Å². The first-order valence-corrected chi connectivity index (χ1v) is 6.08. The SMILES string of the molecule is CCC(C)CN1CCC(CCl)CC1. The van der Waals surface area contributed by atoms with Crippen LogP contribution in [0.5, 0.6) is 0 Å². The monoisotopic (exact) mass is 203 g/mol. The molecule has 0 aromatic heterocycles. The number of hydrogen-bond donors (Lipinski definition) is 0. The van der Waals surface area contributed by atoms with E-state index in [1.165, 1.54) is 38.9 Å². The summed E-state index contributed by atoms with van der Waals surface area (Å²) >= 11 is 5.84. The second-order valence-corrected chi connectivity index (χ2v) is 4.72. The maximum Gasteiger partial charge on any atom is 0.0252 e. The van der Waals surface area contributed by atoms with Crippen LogP contribution in [0.2, 0.25) is 0 Å². The van der Waals surface area contributed by atoms with Crippen molar-refractivity contribution in [2.45, 2.75) is 33.1 Å². The number of rotatable bonds is 4. The van der Waals surface area contributed by atoms with Crippen molar-refractivity contribution in [2.24, 2.45) is 11.8 Å². The van der Waals surface area contributed by atoms with Gasteiger partial charge in [0.2, 0.25) is 0 Å². The summed E-state index contributed by atoms with van der Waals surface area (Å²) in [5, 5.41) is 0. The zero-order valence-corrected chi connectivity index (χ0v) is 9.69. The quantitative estimate of drug-likeness (QED) is 0.636. The van der Waals surface area contributed by atoms with Gasteiger partial charge in [0.15, 0.2) is 0 Å². The fraction of sp³-hybridized carbons (Fsp3) is 1.00. The van der Waals surface area contributed by atoms with E-state index >= 15 is 0 Å². The number of alkyl halides is 1. The molecule has 1 saturated heterocycles. The van der Waals surface area contributed by atoms with Gasteiger partial charge in [0.1, 0.15) is 0 Å². The Morgan fingerprint density at radius 2 is 2.00 bits per heavy atom. The lowest BCUT2D eigenvalue weighted by molar-refractivity contribution is 0.170. The van der Waals surface area contributed by atoms with Crippen LogP contribution >= 0.6 is 11.6 Å². The second kappa shape index (κ2) is 5.87. The molecule has 1 fully saturated rings. The minimum atomic E-state index is 0.787. The number of likely N-dealkylation sites (tertiary alicyclic amines) is 1. The van der Waals surface area contributed by atoms with Crippen molar-refractivity contribution in [2.75, 3.05) is 25.5 Å². The van der Waals surface area contributed by atoms with Crippen LogP contribution in [-0.2, 0) is 0 Å². The standard InChI is InChI=1S/C11H22ClN/c1-3-10(2)9-13-6-4-11(8-12)5-7-13/h10-11H,3-9H2,1-2H3.